The Morgan fingerprint density at radius 1 is 1.08 bits per heavy atom. The van der Waals surface area contributed by atoms with Crippen molar-refractivity contribution in [3.8, 4) is 5.75 Å². The van der Waals surface area contributed by atoms with E-state index in [-0.39, 0.29) is 24.4 Å². The molecule has 0 spiro atoms. The van der Waals surface area contributed by atoms with Crippen molar-refractivity contribution in [2.75, 3.05) is 20.2 Å². The van der Waals surface area contributed by atoms with Gasteiger partial charge in [-0.15, -0.1) is 0 Å². The molecule has 8 nitrogen and oxygen atoms in total. The summed E-state index contributed by atoms with van der Waals surface area (Å²) < 4.78 is 7.31. The summed E-state index contributed by atoms with van der Waals surface area (Å²) in [6.07, 6.45) is 4.43. The number of aromatic amines is 1. The molecule has 0 aliphatic carbocycles. The van der Waals surface area contributed by atoms with Gasteiger partial charge in [0.05, 0.1) is 31.6 Å². The van der Waals surface area contributed by atoms with Gasteiger partial charge in [0.25, 0.3) is 5.91 Å². The van der Waals surface area contributed by atoms with E-state index in [1.165, 1.54) is 0 Å². The molecule has 186 valence electrons. The van der Waals surface area contributed by atoms with Crippen LogP contribution in [0.4, 0.5) is 0 Å². The highest BCUT2D eigenvalue weighted by Crippen LogP contribution is 2.24. The van der Waals surface area contributed by atoms with E-state index in [1.807, 2.05) is 82.4 Å². The topological polar surface area (TPSA) is 82.9 Å². The molecule has 2 aromatic carbocycles. The minimum atomic E-state index is -0.184. The van der Waals surface area contributed by atoms with Crippen LogP contribution in [0.1, 0.15) is 21.7 Å². The zero-order valence-corrected chi connectivity index (χ0v) is 20.5. The number of nitrogens with zero attached hydrogens (tertiary/aromatic N) is 4. The van der Waals surface area contributed by atoms with Crippen molar-refractivity contribution in [3.63, 3.8) is 0 Å². The number of rotatable bonds is 6. The van der Waals surface area contributed by atoms with Crippen LogP contribution in [0.15, 0.2) is 85.2 Å². The van der Waals surface area contributed by atoms with E-state index in [2.05, 4.69) is 22.1 Å². The number of aromatic nitrogens is 3. The molecule has 8 heteroatoms. The summed E-state index contributed by atoms with van der Waals surface area (Å²) in [6, 6.07) is 23.2. The van der Waals surface area contributed by atoms with Crippen LogP contribution in [-0.4, -0.2) is 62.2 Å². The number of carbonyl (C=O) groups is 2. The Hall–Kier alpha value is -4.59. The molecule has 1 N–H and O–H groups in total. The number of carbonyl (C=O) groups excluding carboxylic acids is 2. The van der Waals surface area contributed by atoms with Crippen molar-refractivity contribution in [2.45, 2.75) is 19.0 Å². The van der Waals surface area contributed by atoms with Gasteiger partial charge < -0.3 is 23.9 Å². The Balaban J connectivity index is 1.29. The molecule has 0 unspecified atom stereocenters. The van der Waals surface area contributed by atoms with Gasteiger partial charge in [-0.05, 0) is 48.4 Å². The predicted molar refractivity (Wildman–Crippen MR) is 140 cm³/mol. The largest absolute Gasteiger partial charge is 0.497 e. The number of hydrogen-bond acceptors (Lipinski definition) is 4. The molecule has 2 amide bonds. The van der Waals surface area contributed by atoms with Gasteiger partial charge in [-0.2, -0.15) is 0 Å². The Bertz CT molecular complexity index is 1590. The third kappa shape index (κ3) is 4.42. The lowest BCUT2D eigenvalue weighted by Gasteiger charge is -2.41. The third-order valence-electron chi connectivity index (χ3n) is 7.00. The molecule has 37 heavy (non-hydrogen) atoms. The van der Waals surface area contributed by atoms with Crippen molar-refractivity contribution in [1.29, 1.82) is 0 Å². The smallest absolute Gasteiger partial charge is 0.270 e. The maximum atomic E-state index is 13.5. The van der Waals surface area contributed by atoms with Crippen LogP contribution < -0.4 is 4.74 Å². The van der Waals surface area contributed by atoms with Crippen molar-refractivity contribution >= 4 is 28.4 Å². The normalized spacial score (nSPS) is 16.0. The van der Waals surface area contributed by atoms with E-state index >= 15 is 0 Å². The summed E-state index contributed by atoms with van der Waals surface area (Å²) >= 11 is 0. The Morgan fingerprint density at radius 3 is 2.76 bits per heavy atom. The number of benzene rings is 2. The molecule has 5 aromatic rings. The van der Waals surface area contributed by atoms with Crippen molar-refractivity contribution in [1.82, 2.24) is 24.2 Å². The first-order chi connectivity index (χ1) is 18.1. The number of amides is 2. The molecular weight excluding hydrogens is 466 g/mol. The third-order valence-corrected chi connectivity index (χ3v) is 7.00. The van der Waals surface area contributed by atoms with Crippen LogP contribution in [-0.2, 0) is 17.8 Å². The minimum absolute atomic E-state index is 0.0273. The summed E-state index contributed by atoms with van der Waals surface area (Å²) in [5, 5.41) is 0.890. The molecule has 4 heterocycles. The van der Waals surface area contributed by atoms with Gasteiger partial charge in [0, 0.05) is 23.6 Å². The molecule has 0 radical (unpaired) electrons. The fraction of sp³-hybridized carbons (Fsp3) is 0.207. The number of fused-ring (bicyclic) bond motifs is 2. The lowest BCUT2D eigenvalue weighted by molar-refractivity contribution is -0.139. The van der Waals surface area contributed by atoms with E-state index < -0.39 is 0 Å². The summed E-state index contributed by atoms with van der Waals surface area (Å²) in [6.45, 7) is 0.893. The number of piperazine rings is 1. The van der Waals surface area contributed by atoms with Crippen molar-refractivity contribution in [3.05, 3.63) is 102 Å². The summed E-state index contributed by atoms with van der Waals surface area (Å²) in [5.74, 6) is 0.463. The van der Waals surface area contributed by atoms with Gasteiger partial charge >= 0.3 is 0 Å². The maximum absolute atomic E-state index is 13.5. The standard InChI is InChI=1S/C29H27N5O3/c1-37-24-10-11-25-21(14-24)15-26(31-25)29(36)32-17-22(13-20-7-3-2-4-8-20)34(28(35)19-32)18-23-16-30-27-9-5-6-12-33(23)27/h2-12,14-16,22,31H,13,17-19H2,1H3/t22-/m0/s1. The highest BCUT2D eigenvalue weighted by Gasteiger charge is 2.36. The predicted octanol–water partition coefficient (Wildman–Crippen LogP) is 3.92. The monoisotopic (exact) mass is 493 g/mol. The van der Waals surface area contributed by atoms with Crippen LogP contribution in [0, 0.1) is 0 Å². The fourth-order valence-electron chi connectivity index (χ4n) is 5.11. The SMILES string of the molecule is COc1ccc2[nH]c(C(=O)N3CC(=O)N(Cc4cnc5ccccn45)[C@@H](Cc4ccccc4)C3)cc2c1. The second-order valence-corrected chi connectivity index (χ2v) is 9.37. The molecule has 1 aliphatic rings. The second-order valence-electron chi connectivity index (χ2n) is 9.37. The summed E-state index contributed by atoms with van der Waals surface area (Å²) in [7, 11) is 1.62. The quantitative estimate of drug-likeness (QED) is 0.389. The zero-order valence-electron chi connectivity index (χ0n) is 20.5. The van der Waals surface area contributed by atoms with Crippen LogP contribution in [0.2, 0.25) is 0 Å². The van der Waals surface area contributed by atoms with E-state index in [1.54, 1.807) is 12.0 Å². The first-order valence-electron chi connectivity index (χ1n) is 12.3. The van der Waals surface area contributed by atoms with Crippen molar-refractivity contribution in [2.24, 2.45) is 0 Å². The minimum Gasteiger partial charge on any atom is -0.497 e. The van der Waals surface area contributed by atoms with Crippen LogP contribution >= 0.6 is 0 Å². The average molecular weight is 494 g/mol. The van der Waals surface area contributed by atoms with E-state index in [0.717, 1.165) is 33.6 Å². The summed E-state index contributed by atoms with van der Waals surface area (Å²) in [5.41, 5.74) is 4.21. The molecule has 3 aromatic heterocycles. The van der Waals surface area contributed by atoms with Gasteiger partial charge in [-0.1, -0.05) is 36.4 Å². The lowest BCUT2D eigenvalue weighted by Crippen LogP contribution is -2.58. The first-order valence-corrected chi connectivity index (χ1v) is 12.3. The molecule has 1 atom stereocenters. The Morgan fingerprint density at radius 2 is 1.92 bits per heavy atom. The van der Waals surface area contributed by atoms with Gasteiger partial charge in [-0.3, -0.25) is 9.59 Å². The van der Waals surface area contributed by atoms with Crippen LogP contribution in [0.3, 0.4) is 0 Å². The van der Waals surface area contributed by atoms with Crippen LogP contribution in [0.25, 0.3) is 16.6 Å². The number of hydrogen-bond donors (Lipinski definition) is 1. The fourth-order valence-corrected chi connectivity index (χ4v) is 5.11. The number of pyridine rings is 1. The molecule has 0 bridgehead atoms. The number of nitrogens with one attached hydrogen (secondary N) is 1. The summed E-state index contributed by atoms with van der Waals surface area (Å²) in [4.78, 5) is 38.3. The first kappa shape index (κ1) is 22.8. The molecular formula is C29H27N5O3. The average Bonchev–Trinajstić information content (AvgIpc) is 3.54. The molecule has 1 saturated heterocycles. The van der Waals surface area contributed by atoms with Gasteiger partial charge in [0.15, 0.2) is 0 Å². The van der Waals surface area contributed by atoms with Gasteiger partial charge in [0.2, 0.25) is 5.91 Å². The van der Waals surface area contributed by atoms with Gasteiger partial charge in [-0.25, -0.2) is 4.98 Å². The highest BCUT2D eigenvalue weighted by molar-refractivity contribution is 6.00. The maximum Gasteiger partial charge on any atom is 0.270 e. The second kappa shape index (κ2) is 9.46. The number of methoxy groups -OCH3 is 1. The van der Waals surface area contributed by atoms with Crippen LogP contribution in [0.5, 0.6) is 5.75 Å². The van der Waals surface area contributed by atoms with E-state index in [0.29, 0.717) is 25.2 Å². The van der Waals surface area contributed by atoms with Gasteiger partial charge in [0.1, 0.15) is 23.6 Å². The Labute approximate surface area is 214 Å². The van der Waals surface area contributed by atoms with E-state index in [4.69, 9.17) is 4.74 Å². The Kier molecular flexibility index (Phi) is 5.84. The highest BCUT2D eigenvalue weighted by atomic mass is 16.5. The molecule has 6 rings (SSSR count). The number of ether oxygens (including phenoxy) is 1. The number of imidazole rings is 1. The van der Waals surface area contributed by atoms with E-state index in [9.17, 15) is 9.59 Å². The number of H-pyrrole nitrogens is 1. The molecule has 0 saturated carbocycles. The molecule has 1 fully saturated rings. The van der Waals surface area contributed by atoms with Crippen molar-refractivity contribution < 1.29 is 14.3 Å². The lowest BCUT2D eigenvalue weighted by atomic mass is 10.0. The zero-order chi connectivity index (χ0) is 25.4. The molecule has 1 aliphatic heterocycles.